The van der Waals surface area contributed by atoms with E-state index in [9.17, 15) is 24.7 Å². The molecule has 4 heterocycles. The van der Waals surface area contributed by atoms with E-state index < -0.39 is 28.0 Å². The monoisotopic (exact) mass is 509 g/mol. The predicted molar refractivity (Wildman–Crippen MR) is 114 cm³/mol. The Balaban J connectivity index is 0.00000289. The zero-order valence-electron chi connectivity index (χ0n) is 17.2. The average molecular weight is 510 g/mol. The zero-order valence-corrected chi connectivity index (χ0v) is 21.6. The van der Waals surface area contributed by atoms with Crippen LogP contribution >= 0.6 is 34.9 Å². The molecule has 3 atom stereocenters. The van der Waals surface area contributed by atoms with Crippen molar-refractivity contribution < 1.29 is 59.0 Å². The number of nitrogens with two attached hydrogens (primary N) is 1. The van der Waals surface area contributed by atoms with Crippen LogP contribution in [-0.2, 0) is 19.1 Å². The first-order chi connectivity index (χ1) is 14.8. The van der Waals surface area contributed by atoms with Gasteiger partial charge in [0.15, 0.2) is 10.8 Å². The molecule has 1 aromatic heterocycles. The van der Waals surface area contributed by atoms with Crippen LogP contribution in [0.25, 0.3) is 0 Å². The fraction of sp³-hybridized carbons (Fsp3) is 0.588. The number of rotatable bonds is 6. The molecule has 0 radical (unpaired) electrons. The number of aliphatic carboxylic acids is 1. The van der Waals surface area contributed by atoms with Crippen molar-refractivity contribution in [1.29, 1.82) is 0 Å². The number of nitrogen functional groups attached to an aromatic ring is 1. The molecule has 11 nitrogen and oxygen atoms in total. The molecular formula is C17H20N5NaO6S3. The zero-order chi connectivity index (χ0) is 22.2. The quantitative estimate of drug-likeness (QED) is 0.112. The number of carbonyl (C=O) groups is 3. The Morgan fingerprint density at radius 3 is 2.75 bits per heavy atom. The van der Waals surface area contributed by atoms with E-state index in [0.717, 1.165) is 24.2 Å². The molecule has 3 aliphatic rings. The van der Waals surface area contributed by atoms with Crippen molar-refractivity contribution in [3.05, 3.63) is 11.1 Å². The summed E-state index contributed by atoms with van der Waals surface area (Å²) in [6.45, 7) is 1.20. The molecule has 1 aromatic rings. The minimum atomic E-state index is -1.20. The molecule has 0 aromatic carbocycles. The van der Waals surface area contributed by atoms with Crippen molar-refractivity contribution in [2.24, 2.45) is 5.16 Å². The number of carboxylic acid groups (broad SMARTS) is 1. The number of aromatic nitrogens is 1. The number of β-lactam (4-membered cyclic amide) rings is 1. The molecule has 3 aliphatic heterocycles. The number of hydrogen-bond acceptors (Lipinski definition) is 12. The number of hydrogen-bond donors (Lipinski definition) is 3. The van der Waals surface area contributed by atoms with E-state index in [1.807, 2.05) is 0 Å². The van der Waals surface area contributed by atoms with E-state index in [2.05, 4.69) is 15.5 Å². The maximum atomic E-state index is 12.7. The number of amides is 2. The number of thiazole rings is 1. The third-order valence-electron chi connectivity index (χ3n) is 5.35. The van der Waals surface area contributed by atoms with Crippen LogP contribution in [0.4, 0.5) is 5.13 Å². The summed E-state index contributed by atoms with van der Waals surface area (Å²) in [5, 5.41) is 28.2. The predicted octanol–water partition coefficient (Wildman–Crippen LogP) is -4.29. The van der Waals surface area contributed by atoms with Crippen molar-refractivity contribution >= 4 is 63.5 Å². The number of carboxylic acids is 1. The Morgan fingerprint density at radius 2 is 2.16 bits per heavy atom. The SMILES string of the molecule is Nc1nc(C(=NO)C(=O)NC2C(=O)N3CC(SC4CCOCC4)(C(=O)[O-])CS[C@H]23)cs1.[Na+]. The fourth-order valence-electron chi connectivity index (χ4n) is 3.73. The Labute approximate surface area is 218 Å². The Kier molecular flexibility index (Phi) is 8.39. The molecule has 2 amide bonds. The summed E-state index contributed by atoms with van der Waals surface area (Å²) in [4.78, 5) is 42.6. The van der Waals surface area contributed by atoms with E-state index in [-0.39, 0.29) is 69.5 Å². The summed E-state index contributed by atoms with van der Waals surface area (Å²) in [6.07, 6.45) is 1.51. The van der Waals surface area contributed by atoms with Crippen molar-refractivity contribution in [3.8, 4) is 0 Å². The van der Waals surface area contributed by atoms with Crippen LogP contribution in [0.2, 0.25) is 0 Å². The Hall–Kier alpha value is -1.03. The molecule has 2 unspecified atom stereocenters. The van der Waals surface area contributed by atoms with E-state index in [1.165, 1.54) is 33.8 Å². The summed E-state index contributed by atoms with van der Waals surface area (Å²) < 4.78 is 4.13. The summed E-state index contributed by atoms with van der Waals surface area (Å²) >= 11 is 3.72. The van der Waals surface area contributed by atoms with Crippen molar-refractivity contribution in [1.82, 2.24) is 15.2 Å². The van der Waals surface area contributed by atoms with E-state index in [1.54, 1.807) is 0 Å². The summed E-state index contributed by atoms with van der Waals surface area (Å²) in [5.41, 5.74) is 5.30. The van der Waals surface area contributed by atoms with Gasteiger partial charge in [-0.05, 0) is 12.8 Å². The Bertz CT molecular complexity index is 926. The van der Waals surface area contributed by atoms with Gasteiger partial charge in [0.05, 0.1) is 10.7 Å². The molecule has 0 bridgehead atoms. The van der Waals surface area contributed by atoms with Crippen LogP contribution in [0, 0.1) is 0 Å². The fourth-order valence-corrected chi connectivity index (χ4v) is 7.51. The first-order valence-corrected chi connectivity index (χ1v) is 12.3. The molecule has 0 saturated carbocycles. The number of oxime groups is 1. The summed E-state index contributed by atoms with van der Waals surface area (Å²) in [6, 6.07) is -0.849. The Morgan fingerprint density at radius 1 is 1.44 bits per heavy atom. The molecule has 3 fully saturated rings. The molecular weight excluding hydrogens is 489 g/mol. The van der Waals surface area contributed by atoms with Gasteiger partial charge in [0.1, 0.15) is 17.1 Å². The first-order valence-electron chi connectivity index (χ1n) is 9.48. The standard InChI is InChI=1S/C17H21N5O6S3.Na/c18-16-19-9(5-29-16)10(21-27)12(23)20-11-13(24)22-6-17(15(25)26,7-30-14(11)22)31-8-1-3-28-4-2-8;/h5,8,11,14,27H,1-4,6-7H2,(H2,18,19)(H,20,23)(H,25,26);/q;+1/p-1/t11?,14-,17?;/m1./s1. The maximum Gasteiger partial charge on any atom is 1.00 e. The van der Waals surface area contributed by atoms with Gasteiger partial charge in [-0.25, -0.2) is 4.98 Å². The van der Waals surface area contributed by atoms with Gasteiger partial charge >= 0.3 is 29.6 Å². The number of thioether (sulfide) groups is 2. The minimum absolute atomic E-state index is 0. The van der Waals surface area contributed by atoms with Crippen LogP contribution in [0.3, 0.4) is 0 Å². The topological polar surface area (TPSA) is 170 Å². The van der Waals surface area contributed by atoms with E-state index in [4.69, 9.17) is 10.5 Å². The molecule has 15 heteroatoms. The second-order valence-electron chi connectivity index (χ2n) is 7.35. The second-order valence-corrected chi connectivity index (χ2v) is 11.0. The molecule has 4 N–H and O–H groups in total. The van der Waals surface area contributed by atoms with Crippen LogP contribution < -0.4 is 45.7 Å². The molecule has 4 rings (SSSR count). The molecule has 168 valence electrons. The number of anilines is 1. The normalized spacial score (nSPS) is 28.3. The van der Waals surface area contributed by atoms with Gasteiger partial charge in [0.2, 0.25) is 5.91 Å². The minimum Gasteiger partial charge on any atom is -0.549 e. The van der Waals surface area contributed by atoms with Crippen molar-refractivity contribution in [3.63, 3.8) is 0 Å². The molecule has 3 saturated heterocycles. The second kappa shape index (κ2) is 10.5. The van der Waals surface area contributed by atoms with Crippen molar-refractivity contribution in [2.75, 3.05) is 31.2 Å². The van der Waals surface area contributed by atoms with Gasteiger partial charge < -0.3 is 35.8 Å². The maximum absolute atomic E-state index is 12.7. The smallest absolute Gasteiger partial charge is 0.549 e. The van der Waals surface area contributed by atoms with Gasteiger partial charge in [-0.2, -0.15) is 0 Å². The third kappa shape index (κ3) is 4.91. The number of ether oxygens (including phenoxy) is 1. The van der Waals surface area contributed by atoms with Crippen LogP contribution in [-0.4, -0.2) is 85.5 Å². The van der Waals surface area contributed by atoms with Crippen LogP contribution in [0.1, 0.15) is 18.5 Å². The number of fused-ring (bicyclic) bond motifs is 1. The molecule has 0 aliphatic carbocycles. The van der Waals surface area contributed by atoms with Gasteiger partial charge in [0, 0.05) is 36.1 Å². The molecule has 32 heavy (non-hydrogen) atoms. The van der Waals surface area contributed by atoms with Gasteiger partial charge in [-0.1, -0.05) is 5.16 Å². The number of carbonyl (C=O) groups excluding carboxylic acids is 3. The summed E-state index contributed by atoms with van der Waals surface area (Å²) in [5.74, 6) is -2.09. The first kappa shape index (κ1) is 25.6. The van der Waals surface area contributed by atoms with Crippen LogP contribution in [0.5, 0.6) is 0 Å². The number of nitrogens with one attached hydrogen (secondary N) is 1. The largest absolute Gasteiger partial charge is 1.00 e. The molecule has 0 spiro atoms. The van der Waals surface area contributed by atoms with E-state index in [0.29, 0.717) is 13.2 Å². The van der Waals surface area contributed by atoms with Crippen molar-refractivity contribution in [2.45, 2.75) is 34.3 Å². The van der Waals surface area contributed by atoms with Crippen LogP contribution in [0.15, 0.2) is 10.5 Å². The van der Waals surface area contributed by atoms with Gasteiger partial charge in [-0.3, -0.25) is 9.59 Å². The number of nitrogens with zero attached hydrogens (tertiary/aromatic N) is 3. The van der Waals surface area contributed by atoms with E-state index >= 15 is 0 Å². The van der Waals surface area contributed by atoms with Gasteiger partial charge in [-0.15, -0.1) is 34.9 Å². The van der Waals surface area contributed by atoms with Gasteiger partial charge in [0.25, 0.3) is 5.91 Å². The average Bonchev–Trinajstić information content (AvgIpc) is 3.19. The third-order valence-corrected chi connectivity index (χ3v) is 9.43. The summed E-state index contributed by atoms with van der Waals surface area (Å²) in [7, 11) is 0.